The lowest BCUT2D eigenvalue weighted by Gasteiger charge is -2.22. The van der Waals surface area contributed by atoms with Crippen LogP contribution in [0.3, 0.4) is 0 Å². The van der Waals surface area contributed by atoms with Gasteiger partial charge >= 0.3 is 0 Å². The van der Waals surface area contributed by atoms with Crippen molar-refractivity contribution in [3.05, 3.63) is 35.7 Å². The minimum Gasteiger partial charge on any atom is -0.312 e. The Kier molecular flexibility index (Phi) is 6.00. The number of para-hydroxylation sites is 1. The van der Waals surface area contributed by atoms with Crippen molar-refractivity contribution in [1.82, 2.24) is 15.2 Å². The zero-order valence-corrected chi connectivity index (χ0v) is 14.1. The van der Waals surface area contributed by atoms with Crippen LogP contribution in [-0.4, -0.2) is 33.4 Å². The van der Waals surface area contributed by atoms with Gasteiger partial charge in [0, 0.05) is 18.7 Å². The summed E-state index contributed by atoms with van der Waals surface area (Å²) in [6, 6.07) is 7.94. The van der Waals surface area contributed by atoms with Gasteiger partial charge in [0.05, 0.1) is 5.75 Å². The van der Waals surface area contributed by atoms with Gasteiger partial charge in [-0.3, -0.25) is 9.89 Å². The molecule has 0 aliphatic carbocycles. The number of carbonyl (C=O) groups excluding carboxylic acids is 1. The van der Waals surface area contributed by atoms with Crippen LogP contribution in [0.25, 0.3) is 0 Å². The normalized spacial score (nSPS) is 10.7. The van der Waals surface area contributed by atoms with E-state index in [0.29, 0.717) is 17.5 Å². The fourth-order valence-corrected chi connectivity index (χ4v) is 2.94. The van der Waals surface area contributed by atoms with Crippen LogP contribution in [0.2, 0.25) is 0 Å². The maximum absolute atomic E-state index is 12.5. The van der Waals surface area contributed by atoms with Gasteiger partial charge in [-0.25, -0.2) is 4.98 Å². The van der Waals surface area contributed by atoms with Crippen LogP contribution in [0.1, 0.15) is 31.7 Å². The van der Waals surface area contributed by atoms with Crippen molar-refractivity contribution in [2.24, 2.45) is 0 Å². The molecule has 0 saturated heterocycles. The molecule has 0 aliphatic rings. The molecule has 22 heavy (non-hydrogen) atoms. The van der Waals surface area contributed by atoms with Gasteiger partial charge < -0.3 is 4.90 Å². The molecule has 1 N–H and O–H groups in total. The Bertz CT molecular complexity index is 626. The molecule has 5 nitrogen and oxygen atoms in total. The predicted molar refractivity (Wildman–Crippen MR) is 90.3 cm³/mol. The first-order valence-corrected chi connectivity index (χ1v) is 8.54. The Morgan fingerprint density at radius 2 is 2.09 bits per heavy atom. The highest BCUT2D eigenvalue weighted by atomic mass is 32.2. The van der Waals surface area contributed by atoms with Gasteiger partial charge in [-0.15, -0.1) is 5.10 Å². The number of hydrogen-bond donors (Lipinski definition) is 1. The number of aryl methyl sites for hydroxylation is 2. The molecule has 6 heteroatoms. The molecule has 1 aromatic carbocycles. The largest absolute Gasteiger partial charge is 0.312 e. The van der Waals surface area contributed by atoms with Gasteiger partial charge in [-0.05, 0) is 31.9 Å². The molecule has 0 radical (unpaired) electrons. The second kappa shape index (κ2) is 7.98. The molecule has 1 aromatic heterocycles. The SMILES string of the molecule is CCCc1nc(SCC(=O)N(CC)c2ccccc2C)n[nH]1. The van der Waals surface area contributed by atoms with E-state index < -0.39 is 0 Å². The van der Waals surface area contributed by atoms with Crippen molar-refractivity contribution >= 4 is 23.4 Å². The molecule has 0 unspecified atom stereocenters. The smallest absolute Gasteiger partial charge is 0.237 e. The summed E-state index contributed by atoms with van der Waals surface area (Å²) in [6.45, 7) is 6.76. The predicted octanol–water partition coefficient (Wildman–Crippen LogP) is 3.21. The molecule has 118 valence electrons. The molecule has 2 rings (SSSR count). The van der Waals surface area contributed by atoms with Gasteiger partial charge in [0.2, 0.25) is 11.1 Å². The third-order valence-corrected chi connectivity index (χ3v) is 4.18. The fourth-order valence-electron chi connectivity index (χ4n) is 2.24. The molecular weight excluding hydrogens is 296 g/mol. The molecule has 0 bridgehead atoms. The lowest BCUT2D eigenvalue weighted by molar-refractivity contribution is -0.116. The van der Waals surface area contributed by atoms with Crippen LogP contribution >= 0.6 is 11.8 Å². The van der Waals surface area contributed by atoms with Gasteiger partial charge in [-0.1, -0.05) is 36.9 Å². The molecule has 1 amide bonds. The van der Waals surface area contributed by atoms with E-state index in [1.807, 2.05) is 43.0 Å². The summed E-state index contributed by atoms with van der Waals surface area (Å²) >= 11 is 1.37. The van der Waals surface area contributed by atoms with Crippen molar-refractivity contribution in [3.63, 3.8) is 0 Å². The van der Waals surface area contributed by atoms with E-state index in [2.05, 4.69) is 22.1 Å². The third-order valence-electron chi connectivity index (χ3n) is 3.35. The van der Waals surface area contributed by atoms with Gasteiger partial charge in [-0.2, -0.15) is 0 Å². The minimum atomic E-state index is 0.0728. The topological polar surface area (TPSA) is 61.9 Å². The highest BCUT2D eigenvalue weighted by Gasteiger charge is 2.16. The second-order valence-electron chi connectivity index (χ2n) is 5.03. The summed E-state index contributed by atoms with van der Waals surface area (Å²) in [5, 5.41) is 7.68. The average Bonchev–Trinajstić information content (AvgIpc) is 2.96. The van der Waals surface area contributed by atoms with E-state index in [1.165, 1.54) is 11.8 Å². The number of carbonyl (C=O) groups is 1. The van der Waals surface area contributed by atoms with Crippen LogP contribution in [0.4, 0.5) is 5.69 Å². The number of hydrogen-bond acceptors (Lipinski definition) is 4. The van der Waals surface area contributed by atoms with Crippen LogP contribution < -0.4 is 4.90 Å². The van der Waals surface area contributed by atoms with E-state index in [9.17, 15) is 4.79 Å². The zero-order chi connectivity index (χ0) is 15.9. The second-order valence-corrected chi connectivity index (χ2v) is 5.97. The first kappa shape index (κ1) is 16.5. The molecule has 0 spiro atoms. The number of rotatable bonds is 7. The Labute approximate surface area is 135 Å². The summed E-state index contributed by atoms with van der Waals surface area (Å²) in [4.78, 5) is 18.7. The van der Waals surface area contributed by atoms with Crippen molar-refractivity contribution in [3.8, 4) is 0 Å². The maximum Gasteiger partial charge on any atom is 0.237 e. The Hall–Kier alpha value is -1.82. The average molecular weight is 318 g/mol. The Balaban J connectivity index is 1.99. The molecule has 2 aromatic rings. The molecular formula is C16H22N4OS. The number of nitrogens with one attached hydrogen (secondary N) is 1. The van der Waals surface area contributed by atoms with Crippen LogP contribution in [0.15, 0.2) is 29.4 Å². The summed E-state index contributed by atoms with van der Waals surface area (Å²) in [5.74, 6) is 1.29. The molecule has 0 saturated carbocycles. The highest BCUT2D eigenvalue weighted by molar-refractivity contribution is 7.99. The highest BCUT2D eigenvalue weighted by Crippen LogP contribution is 2.21. The Morgan fingerprint density at radius 1 is 1.32 bits per heavy atom. The summed E-state index contributed by atoms with van der Waals surface area (Å²) in [6.07, 6.45) is 1.90. The van der Waals surface area contributed by atoms with E-state index in [4.69, 9.17) is 0 Å². The Morgan fingerprint density at radius 3 is 2.77 bits per heavy atom. The fraction of sp³-hybridized carbons (Fsp3) is 0.438. The van der Waals surface area contributed by atoms with Crippen molar-refractivity contribution < 1.29 is 4.79 Å². The monoisotopic (exact) mass is 318 g/mol. The minimum absolute atomic E-state index is 0.0728. The van der Waals surface area contributed by atoms with Crippen LogP contribution in [0, 0.1) is 6.92 Å². The van der Waals surface area contributed by atoms with Gasteiger partial charge in [0.1, 0.15) is 5.82 Å². The molecule has 0 fully saturated rings. The van der Waals surface area contributed by atoms with Gasteiger partial charge in [0.15, 0.2) is 0 Å². The molecule has 0 atom stereocenters. The standard InChI is InChI=1S/C16H22N4OS/c1-4-8-14-17-16(19-18-14)22-11-15(21)20(5-2)13-10-7-6-9-12(13)3/h6-7,9-10H,4-5,8,11H2,1-3H3,(H,17,18,19). The number of amides is 1. The zero-order valence-electron chi connectivity index (χ0n) is 13.3. The van der Waals surface area contributed by atoms with Crippen molar-refractivity contribution in [1.29, 1.82) is 0 Å². The van der Waals surface area contributed by atoms with Crippen LogP contribution in [0.5, 0.6) is 0 Å². The number of aromatic nitrogens is 3. The number of thioether (sulfide) groups is 1. The summed E-state index contributed by atoms with van der Waals surface area (Å²) < 4.78 is 0. The lowest BCUT2D eigenvalue weighted by atomic mass is 10.2. The third kappa shape index (κ3) is 4.10. The first-order chi connectivity index (χ1) is 10.7. The summed E-state index contributed by atoms with van der Waals surface area (Å²) in [5.41, 5.74) is 2.07. The van der Waals surface area contributed by atoms with E-state index in [-0.39, 0.29) is 5.91 Å². The van der Waals surface area contributed by atoms with Crippen LogP contribution in [-0.2, 0) is 11.2 Å². The van der Waals surface area contributed by atoms with E-state index in [1.54, 1.807) is 0 Å². The van der Waals surface area contributed by atoms with Crippen molar-refractivity contribution in [2.45, 2.75) is 38.8 Å². The molecule has 1 heterocycles. The quantitative estimate of drug-likeness (QED) is 0.796. The summed E-state index contributed by atoms with van der Waals surface area (Å²) in [7, 11) is 0. The molecule has 0 aliphatic heterocycles. The van der Waals surface area contributed by atoms with Gasteiger partial charge in [0.25, 0.3) is 0 Å². The number of H-pyrrole nitrogens is 1. The van der Waals surface area contributed by atoms with Crippen molar-refractivity contribution in [2.75, 3.05) is 17.2 Å². The number of anilines is 1. The number of benzene rings is 1. The number of aromatic amines is 1. The first-order valence-electron chi connectivity index (χ1n) is 7.55. The van der Waals surface area contributed by atoms with E-state index in [0.717, 1.165) is 29.9 Å². The number of nitrogens with zero attached hydrogens (tertiary/aromatic N) is 3. The maximum atomic E-state index is 12.5. The lowest BCUT2D eigenvalue weighted by Crippen LogP contribution is -2.32. The van der Waals surface area contributed by atoms with E-state index >= 15 is 0 Å².